The average Bonchev–Trinajstić information content (AvgIpc) is 3.56. The lowest BCUT2D eigenvalue weighted by Crippen LogP contribution is -2.74. The van der Waals surface area contributed by atoms with Gasteiger partial charge in [-0.25, -0.2) is 0 Å². The van der Waals surface area contributed by atoms with Gasteiger partial charge in [0.05, 0.1) is 11.4 Å². The first kappa shape index (κ1) is 26.3. The second-order valence-electron chi connectivity index (χ2n) is 16.5. The highest BCUT2D eigenvalue weighted by molar-refractivity contribution is 7.99. The van der Waals surface area contributed by atoms with Crippen molar-refractivity contribution in [2.24, 2.45) is 29.1 Å². The second-order valence-corrected chi connectivity index (χ2v) is 17.5. The van der Waals surface area contributed by atoms with Gasteiger partial charge in [0.2, 0.25) is 0 Å². The lowest BCUT2D eigenvalue weighted by molar-refractivity contribution is -0.235. The van der Waals surface area contributed by atoms with Crippen molar-refractivity contribution in [3.63, 3.8) is 0 Å². The summed E-state index contributed by atoms with van der Waals surface area (Å²) in [5, 5.41) is 0. The largest absolute Gasteiger partial charge is 0.309 e. The van der Waals surface area contributed by atoms with E-state index in [1.54, 1.807) is 11.1 Å². The quantitative estimate of drug-likeness (QED) is 0.232. The number of hydrogen-bond donors (Lipinski definition) is 0. The molecule has 1 heterocycles. The molecule has 2 heteroatoms. The Labute approximate surface area is 267 Å². The summed E-state index contributed by atoms with van der Waals surface area (Å²) in [5.74, 6) is 3.58. The molecular formula is C42H43NS. The van der Waals surface area contributed by atoms with Gasteiger partial charge in [0, 0.05) is 20.9 Å². The van der Waals surface area contributed by atoms with Crippen LogP contribution in [0.2, 0.25) is 0 Å². The van der Waals surface area contributed by atoms with Gasteiger partial charge in [-0.1, -0.05) is 100 Å². The standard InChI is InChI=1S/C42H43NS/c1-39(2)20-21-40(3,4)37-30(39)15-10-17-32(37)43(28-12-6-5-7-13-28)33-18-11-16-31-38(33)44-34-19-9-8-14-29(34)42(31)35-23-26-22-27-24-36(42)41(27,35)25-26/h5-19,26-27,35-36H,20-25H2,1-4H3. The van der Waals surface area contributed by atoms with E-state index in [0.717, 1.165) is 23.7 Å². The zero-order valence-corrected chi connectivity index (χ0v) is 27.4. The van der Waals surface area contributed by atoms with Gasteiger partial charge in [-0.2, -0.15) is 0 Å². The van der Waals surface area contributed by atoms with Crippen LogP contribution in [-0.4, -0.2) is 0 Å². The molecule has 1 aliphatic heterocycles. The van der Waals surface area contributed by atoms with Crippen molar-refractivity contribution in [2.45, 2.75) is 92.3 Å². The average molecular weight is 594 g/mol. The predicted octanol–water partition coefficient (Wildman–Crippen LogP) is 11.3. The van der Waals surface area contributed by atoms with Gasteiger partial charge in [0.1, 0.15) is 0 Å². The van der Waals surface area contributed by atoms with Gasteiger partial charge < -0.3 is 4.90 Å². The molecule has 6 unspecified atom stereocenters. The molecule has 2 bridgehead atoms. The molecule has 10 rings (SSSR count). The van der Waals surface area contributed by atoms with Crippen LogP contribution in [-0.2, 0) is 16.2 Å². The minimum absolute atomic E-state index is 0.106. The van der Waals surface area contributed by atoms with Gasteiger partial charge in [0.15, 0.2) is 0 Å². The molecule has 4 aromatic rings. The van der Waals surface area contributed by atoms with Crippen molar-refractivity contribution in [1.29, 1.82) is 0 Å². The summed E-state index contributed by atoms with van der Waals surface area (Å²) >= 11 is 2.04. The first-order chi connectivity index (χ1) is 21.3. The molecule has 6 atom stereocenters. The zero-order valence-electron chi connectivity index (χ0n) is 26.6. The molecule has 0 N–H and O–H groups in total. The third-order valence-corrected chi connectivity index (χ3v) is 15.0. The fourth-order valence-corrected chi connectivity index (χ4v) is 13.5. The predicted molar refractivity (Wildman–Crippen MR) is 183 cm³/mol. The second kappa shape index (κ2) is 8.43. The number of para-hydroxylation sites is 1. The Morgan fingerprint density at radius 2 is 1.32 bits per heavy atom. The van der Waals surface area contributed by atoms with E-state index in [1.165, 1.54) is 76.5 Å². The van der Waals surface area contributed by atoms with Crippen LogP contribution in [0, 0.1) is 29.1 Å². The Hall–Kier alpha value is -2.97. The van der Waals surface area contributed by atoms with Crippen molar-refractivity contribution in [2.75, 3.05) is 4.90 Å². The van der Waals surface area contributed by atoms with Crippen LogP contribution >= 0.6 is 11.8 Å². The maximum Gasteiger partial charge on any atom is 0.0604 e. The van der Waals surface area contributed by atoms with Crippen LogP contribution < -0.4 is 4.90 Å². The van der Waals surface area contributed by atoms with Crippen molar-refractivity contribution >= 4 is 28.8 Å². The Morgan fingerprint density at radius 1 is 0.636 bits per heavy atom. The topological polar surface area (TPSA) is 3.24 Å². The molecular weight excluding hydrogens is 551 g/mol. The number of hydrogen-bond acceptors (Lipinski definition) is 2. The van der Waals surface area contributed by atoms with Crippen molar-refractivity contribution < 1.29 is 0 Å². The van der Waals surface area contributed by atoms with Crippen molar-refractivity contribution in [1.82, 2.24) is 0 Å². The Kier molecular flexibility index (Phi) is 5.03. The first-order valence-electron chi connectivity index (χ1n) is 17.2. The minimum atomic E-state index is 0.106. The molecule has 222 valence electrons. The Bertz CT molecular complexity index is 1850. The van der Waals surface area contributed by atoms with E-state index in [4.69, 9.17) is 0 Å². The van der Waals surface area contributed by atoms with Crippen LogP contribution in [0.15, 0.2) is 101 Å². The maximum absolute atomic E-state index is 2.65. The molecule has 4 aromatic carbocycles. The van der Waals surface area contributed by atoms with Crippen LogP contribution in [0.1, 0.15) is 88.5 Å². The normalized spacial score (nSPS) is 33.8. The molecule has 2 spiro atoms. The summed E-state index contributed by atoms with van der Waals surface area (Å²) in [7, 11) is 0. The summed E-state index contributed by atoms with van der Waals surface area (Å²) in [6.45, 7) is 9.85. The summed E-state index contributed by atoms with van der Waals surface area (Å²) < 4.78 is 0. The molecule has 44 heavy (non-hydrogen) atoms. The molecule has 4 fully saturated rings. The number of rotatable bonds is 3. The molecule has 1 nitrogen and oxygen atoms in total. The van der Waals surface area contributed by atoms with E-state index in [0.29, 0.717) is 5.41 Å². The van der Waals surface area contributed by atoms with Crippen LogP contribution in [0.5, 0.6) is 0 Å². The van der Waals surface area contributed by atoms with Gasteiger partial charge in [-0.15, -0.1) is 0 Å². The fourth-order valence-electron chi connectivity index (χ4n) is 12.1. The van der Waals surface area contributed by atoms with E-state index < -0.39 is 0 Å². The molecule has 6 aliphatic rings. The lowest BCUT2D eigenvalue weighted by atomic mass is 9.26. The van der Waals surface area contributed by atoms with Gasteiger partial charge in [0.25, 0.3) is 0 Å². The Morgan fingerprint density at radius 3 is 2.14 bits per heavy atom. The SMILES string of the molecule is CC1(C)CCC(C)(C)c2c(N(c3ccccc3)c3cccc4c3Sc3ccccc3C43C4CC5CC6CC3C64C5)cccc21. The third kappa shape index (κ3) is 2.96. The molecule has 0 saturated heterocycles. The highest BCUT2D eigenvalue weighted by atomic mass is 32.2. The molecule has 4 saturated carbocycles. The highest BCUT2D eigenvalue weighted by Gasteiger charge is 2.84. The minimum Gasteiger partial charge on any atom is -0.309 e. The maximum atomic E-state index is 2.65. The molecule has 0 aromatic heterocycles. The van der Waals surface area contributed by atoms with Gasteiger partial charge in [-0.3, -0.25) is 0 Å². The monoisotopic (exact) mass is 593 g/mol. The lowest BCUT2D eigenvalue weighted by Gasteiger charge is -2.78. The summed E-state index contributed by atoms with van der Waals surface area (Å²) in [5.41, 5.74) is 11.4. The molecule has 0 amide bonds. The molecule has 5 aliphatic carbocycles. The van der Waals surface area contributed by atoms with E-state index in [-0.39, 0.29) is 16.2 Å². The smallest absolute Gasteiger partial charge is 0.0604 e. The third-order valence-electron chi connectivity index (χ3n) is 13.8. The Balaban J connectivity index is 1.24. The van der Waals surface area contributed by atoms with Crippen molar-refractivity contribution in [3.05, 3.63) is 113 Å². The fraction of sp³-hybridized carbons (Fsp3) is 0.429. The van der Waals surface area contributed by atoms with Gasteiger partial charge in [-0.05, 0) is 131 Å². The summed E-state index contributed by atoms with van der Waals surface area (Å²) in [6.07, 6.45) is 8.33. The van der Waals surface area contributed by atoms with Crippen LogP contribution in [0.3, 0.4) is 0 Å². The summed E-state index contributed by atoms with van der Waals surface area (Å²) in [6, 6.07) is 35.3. The number of anilines is 3. The van der Waals surface area contributed by atoms with E-state index >= 15 is 0 Å². The zero-order chi connectivity index (χ0) is 29.6. The van der Waals surface area contributed by atoms with Gasteiger partial charge >= 0.3 is 0 Å². The number of benzene rings is 4. The van der Waals surface area contributed by atoms with E-state index in [2.05, 4.69) is 124 Å². The number of fused-ring (bicyclic) bond motifs is 8. The van der Waals surface area contributed by atoms with Crippen molar-refractivity contribution in [3.8, 4) is 0 Å². The first-order valence-corrected chi connectivity index (χ1v) is 18.0. The van der Waals surface area contributed by atoms with Crippen LogP contribution in [0.25, 0.3) is 0 Å². The molecule has 0 radical (unpaired) electrons. The number of nitrogens with zero attached hydrogens (tertiary/aromatic N) is 1. The van der Waals surface area contributed by atoms with Crippen LogP contribution in [0.4, 0.5) is 17.1 Å². The summed E-state index contributed by atoms with van der Waals surface area (Å²) in [4.78, 5) is 5.65. The highest BCUT2D eigenvalue weighted by Crippen LogP contribution is 2.89. The van der Waals surface area contributed by atoms with E-state index in [1.807, 2.05) is 11.8 Å². The van der Waals surface area contributed by atoms with E-state index in [9.17, 15) is 0 Å².